The molecule has 1 nitrogen and oxygen atoms in total. The Morgan fingerprint density at radius 2 is 2.00 bits per heavy atom. The summed E-state index contributed by atoms with van der Waals surface area (Å²) < 4.78 is 0.980. The highest BCUT2D eigenvalue weighted by Crippen LogP contribution is 2.28. The quantitative estimate of drug-likeness (QED) is 0.687. The van der Waals surface area contributed by atoms with Crippen LogP contribution >= 0.6 is 27.5 Å². The van der Waals surface area contributed by atoms with Crippen molar-refractivity contribution < 1.29 is 0 Å². The molecule has 0 bridgehead atoms. The predicted octanol–water partition coefficient (Wildman–Crippen LogP) is 5.58. The number of nitrogens with one attached hydrogen (secondary N) is 1. The van der Waals surface area contributed by atoms with Gasteiger partial charge in [0.1, 0.15) is 0 Å². The van der Waals surface area contributed by atoms with Gasteiger partial charge in [0.05, 0.1) is 5.02 Å². The highest BCUT2D eigenvalue weighted by molar-refractivity contribution is 9.10. The van der Waals surface area contributed by atoms with Crippen molar-refractivity contribution in [2.45, 2.75) is 46.1 Å². The molecule has 1 unspecified atom stereocenters. The van der Waals surface area contributed by atoms with E-state index >= 15 is 0 Å². The molecular formula is C15H23BrClN. The Labute approximate surface area is 124 Å². The lowest BCUT2D eigenvalue weighted by Crippen LogP contribution is -2.21. The Kier molecular flexibility index (Phi) is 7.28. The molecule has 1 N–H and O–H groups in total. The van der Waals surface area contributed by atoms with E-state index in [4.69, 9.17) is 11.6 Å². The summed E-state index contributed by atoms with van der Waals surface area (Å²) in [6.45, 7) is 7.70. The lowest BCUT2D eigenvalue weighted by Gasteiger charge is -2.19. The zero-order valence-electron chi connectivity index (χ0n) is 11.5. The largest absolute Gasteiger partial charge is 0.310 e. The molecule has 0 aliphatic heterocycles. The summed E-state index contributed by atoms with van der Waals surface area (Å²) in [5.41, 5.74) is 1.32. The SMILES string of the molecule is CCNC(CCCC(C)C)c1ccc(Cl)c(Br)c1. The highest BCUT2D eigenvalue weighted by atomic mass is 79.9. The van der Waals surface area contributed by atoms with Gasteiger partial charge in [-0.25, -0.2) is 0 Å². The van der Waals surface area contributed by atoms with E-state index in [1.165, 1.54) is 24.8 Å². The van der Waals surface area contributed by atoms with Gasteiger partial charge in [0.2, 0.25) is 0 Å². The summed E-state index contributed by atoms with van der Waals surface area (Å²) >= 11 is 9.54. The van der Waals surface area contributed by atoms with E-state index in [1.807, 2.05) is 6.07 Å². The second kappa shape index (κ2) is 8.19. The average Bonchev–Trinajstić information content (AvgIpc) is 2.31. The van der Waals surface area contributed by atoms with E-state index in [-0.39, 0.29) is 0 Å². The van der Waals surface area contributed by atoms with Crippen molar-refractivity contribution in [3.8, 4) is 0 Å². The molecule has 0 aliphatic carbocycles. The first kappa shape index (κ1) is 16.0. The van der Waals surface area contributed by atoms with Crippen LogP contribution < -0.4 is 5.32 Å². The van der Waals surface area contributed by atoms with E-state index < -0.39 is 0 Å². The van der Waals surface area contributed by atoms with Crippen molar-refractivity contribution in [3.05, 3.63) is 33.3 Å². The Morgan fingerprint density at radius 3 is 2.56 bits per heavy atom. The van der Waals surface area contributed by atoms with Crippen molar-refractivity contribution in [1.82, 2.24) is 5.32 Å². The Morgan fingerprint density at radius 1 is 1.28 bits per heavy atom. The van der Waals surface area contributed by atoms with Crippen molar-refractivity contribution in [2.75, 3.05) is 6.54 Å². The highest BCUT2D eigenvalue weighted by Gasteiger charge is 2.11. The molecule has 1 rings (SSSR count). The maximum Gasteiger partial charge on any atom is 0.0548 e. The van der Waals surface area contributed by atoms with E-state index in [0.717, 1.165) is 22.0 Å². The molecule has 1 aromatic carbocycles. The van der Waals surface area contributed by atoms with E-state index in [1.54, 1.807) is 0 Å². The van der Waals surface area contributed by atoms with Gasteiger partial charge in [-0.1, -0.05) is 51.3 Å². The second-order valence-corrected chi connectivity index (χ2v) is 6.37. The Balaban J connectivity index is 2.67. The zero-order chi connectivity index (χ0) is 13.5. The van der Waals surface area contributed by atoms with Gasteiger partial charge < -0.3 is 5.32 Å². The topological polar surface area (TPSA) is 12.0 Å². The van der Waals surface area contributed by atoms with Crippen LogP contribution in [0.1, 0.15) is 51.6 Å². The second-order valence-electron chi connectivity index (χ2n) is 5.11. The summed E-state index contributed by atoms with van der Waals surface area (Å²) in [5.74, 6) is 0.782. The van der Waals surface area contributed by atoms with Crippen LogP contribution in [0.3, 0.4) is 0 Å². The third kappa shape index (κ3) is 5.29. The summed E-state index contributed by atoms with van der Waals surface area (Å²) in [4.78, 5) is 0. The molecular weight excluding hydrogens is 310 g/mol. The van der Waals surface area contributed by atoms with Gasteiger partial charge in [0.25, 0.3) is 0 Å². The Hall–Kier alpha value is -0.0500. The van der Waals surface area contributed by atoms with Gasteiger partial charge >= 0.3 is 0 Å². The summed E-state index contributed by atoms with van der Waals surface area (Å²) in [6, 6.07) is 6.65. The van der Waals surface area contributed by atoms with E-state index in [9.17, 15) is 0 Å². The van der Waals surface area contributed by atoms with Gasteiger partial charge in [-0.2, -0.15) is 0 Å². The van der Waals surface area contributed by atoms with E-state index in [0.29, 0.717) is 6.04 Å². The van der Waals surface area contributed by atoms with Gasteiger partial charge in [-0.3, -0.25) is 0 Å². The summed E-state index contributed by atoms with van der Waals surface area (Å²) in [7, 11) is 0. The lowest BCUT2D eigenvalue weighted by atomic mass is 9.98. The average molecular weight is 333 g/mol. The minimum absolute atomic E-state index is 0.433. The molecule has 0 aliphatic rings. The van der Waals surface area contributed by atoms with E-state index in [2.05, 4.69) is 54.2 Å². The first-order chi connectivity index (χ1) is 8.54. The molecule has 3 heteroatoms. The molecule has 0 aromatic heterocycles. The number of hydrogen-bond donors (Lipinski definition) is 1. The molecule has 1 aromatic rings. The van der Waals surface area contributed by atoms with Gasteiger partial charge in [-0.15, -0.1) is 0 Å². The minimum atomic E-state index is 0.433. The molecule has 1 atom stereocenters. The molecule has 0 heterocycles. The standard InChI is InChI=1S/C15H23BrClN/c1-4-18-15(7-5-6-11(2)3)12-8-9-14(17)13(16)10-12/h8-11,15,18H,4-7H2,1-3H3. The van der Waals surface area contributed by atoms with Crippen LogP contribution in [0, 0.1) is 5.92 Å². The fourth-order valence-electron chi connectivity index (χ4n) is 2.09. The number of rotatable bonds is 7. The maximum atomic E-state index is 6.04. The molecule has 0 saturated heterocycles. The maximum absolute atomic E-state index is 6.04. The molecule has 0 spiro atoms. The first-order valence-electron chi connectivity index (χ1n) is 6.73. The normalized spacial score (nSPS) is 13.0. The van der Waals surface area contributed by atoms with Crippen LogP contribution in [0.25, 0.3) is 0 Å². The first-order valence-corrected chi connectivity index (χ1v) is 7.90. The monoisotopic (exact) mass is 331 g/mol. The summed E-state index contributed by atoms with van der Waals surface area (Å²) in [5, 5.41) is 4.33. The van der Waals surface area contributed by atoms with Crippen LogP contribution in [0.15, 0.2) is 22.7 Å². The zero-order valence-corrected chi connectivity index (χ0v) is 13.8. The third-order valence-electron chi connectivity index (χ3n) is 3.07. The number of benzene rings is 1. The molecule has 0 amide bonds. The van der Waals surface area contributed by atoms with Crippen molar-refractivity contribution in [1.29, 1.82) is 0 Å². The molecule has 0 fully saturated rings. The fraction of sp³-hybridized carbons (Fsp3) is 0.600. The van der Waals surface area contributed by atoms with Gasteiger partial charge in [-0.05, 0) is 52.5 Å². The van der Waals surface area contributed by atoms with Crippen molar-refractivity contribution in [2.24, 2.45) is 5.92 Å². The molecule has 102 valence electrons. The fourth-order valence-corrected chi connectivity index (χ4v) is 2.61. The number of halogens is 2. The summed E-state index contributed by atoms with van der Waals surface area (Å²) in [6.07, 6.45) is 3.73. The Bertz CT molecular complexity index is 366. The van der Waals surface area contributed by atoms with Crippen LogP contribution in [0.2, 0.25) is 5.02 Å². The predicted molar refractivity (Wildman–Crippen MR) is 84.3 cm³/mol. The van der Waals surface area contributed by atoms with Gasteiger partial charge in [0, 0.05) is 10.5 Å². The van der Waals surface area contributed by atoms with Crippen LogP contribution in [-0.2, 0) is 0 Å². The van der Waals surface area contributed by atoms with Crippen LogP contribution in [0.5, 0.6) is 0 Å². The molecule has 0 saturated carbocycles. The minimum Gasteiger partial charge on any atom is -0.310 e. The van der Waals surface area contributed by atoms with Crippen molar-refractivity contribution >= 4 is 27.5 Å². The van der Waals surface area contributed by atoms with Crippen LogP contribution in [-0.4, -0.2) is 6.54 Å². The number of hydrogen-bond acceptors (Lipinski definition) is 1. The van der Waals surface area contributed by atoms with Crippen molar-refractivity contribution in [3.63, 3.8) is 0 Å². The lowest BCUT2D eigenvalue weighted by molar-refractivity contribution is 0.455. The molecule has 18 heavy (non-hydrogen) atoms. The third-order valence-corrected chi connectivity index (χ3v) is 4.28. The van der Waals surface area contributed by atoms with Crippen LogP contribution in [0.4, 0.5) is 0 Å². The molecule has 0 radical (unpaired) electrons. The van der Waals surface area contributed by atoms with Gasteiger partial charge in [0.15, 0.2) is 0 Å². The smallest absolute Gasteiger partial charge is 0.0548 e.